The number of carboxylic acid groups (broad SMARTS) is 1. The Hall–Kier alpha value is -3.55. The molecule has 136 valence electrons. The highest BCUT2D eigenvalue weighted by Crippen LogP contribution is 2.15. The van der Waals surface area contributed by atoms with E-state index in [0.717, 1.165) is 16.9 Å². The topological polar surface area (TPSA) is 102 Å². The van der Waals surface area contributed by atoms with E-state index in [0.29, 0.717) is 22.3 Å². The monoisotopic (exact) mass is 363 g/mol. The summed E-state index contributed by atoms with van der Waals surface area (Å²) in [5.74, 6) is -0.562. The molecule has 0 atom stereocenters. The fourth-order valence-electron chi connectivity index (χ4n) is 3.13. The molecular formula is C19H17N5O3. The number of hydrogen-bond acceptors (Lipinski definition) is 5. The molecule has 3 aromatic heterocycles. The van der Waals surface area contributed by atoms with Crippen molar-refractivity contribution >= 4 is 22.4 Å². The highest BCUT2D eigenvalue weighted by Gasteiger charge is 2.15. The van der Waals surface area contributed by atoms with Gasteiger partial charge in [0.25, 0.3) is 5.56 Å². The molecule has 0 bridgehead atoms. The Balaban J connectivity index is 1.86. The number of rotatable bonds is 4. The van der Waals surface area contributed by atoms with Crippen molar-refractivity contribution in [3.63, 3.8) is 0 Å². The maximum atomic E-state index is 12.8. The zero-order valence-corrected chi connectivity index (χ0v) is 14.9. The fraction of sp³-hybridized carbons (Fsp3) is 0.211. The normalized spacial score (nSPS) is 11.3. The second-order valence-corrected chi connectivity index (χ2v) is 6.45. The van der Waals surface area contributed by atoms with Gasteiger partial charge in [0.05, 0.1) is 17.5 Å². The van der Waals surface area contributed by atoms with Crippen LogP contribution in [-0.4, -0.2) is 35.5 Å². The maximum Gasteiger partial charge on any atom is 0.309 e. The van der Waals surface area contributed by atoms with Gasteiger partial charge in [0.2, 0.25) is 0 Å². The maximum absolute atomic E-state index is 12.8. The lowest BCUT2D eigenvalue weighted by atomic mass is 10.1. The molecule has 8 nitrogen and oxygen atoms in total. The summed E-state index contributed by atoms with van der Waals surface area (Å²) in [6, 6.07) is 10.8. The van der Waals surface area contributed by atoms with E-state index in [1.165, 1.54) is 4.68 Å². The number of fused-ring (bicyclic) bond motifs is 2. The van der Waals surface area contributed by atoms with Crippen LogP contribution < -0.4 is 5.56 Å². The molecule has 4 rings (SSSR count). The van der Waals surface area contributed by atoms with Gasteiger partial charge in [0, 0.05) is 11.1 Å². The summed E-state index contributed by atoms with van der Waals surface area (Å²) >= 11 is 0. The van der Waals surface area contributed by atoms with Crippen molar-refractivity contribution in [1.82, 2.24) is 24.4 Å². The van der Waals surface area contributed by atoms with Crippen LogP contribution in [0.15, 0.2) is 41.2 Å². The average molecular weight is 363 g/mol. The third-order valence-electron chi connectivity index (χ3n) is 4.47. The summed E-state index contributed by atoms with van der Waals surface area (Å²) < 4.78 is 2.97. The van der Waals surface area contributed by atoms with Gasteiger partial charge in [-0.1, -0.05) is 24.3 Å². The molecule has 8 heteroatoms. The number of carboxylic acids is 1. The molecular weight excluding hydrogens is 346 g/mol. The van der Waals surface area contributed by atoms with Gasteiger partial charge in [-0.25, -0.2) is 14.2 Å². The lowest BCUT2D eigenvalue weighted by molar-refractivity contribution is -0.136. The molecule has 0 amide bonds. The van der Waals surface area contributed by atoms with Crippen LogP contribution in [-0.2, 0) is 17.8 Å². The standard InChI is InChI=1S/C19H17N5O3/c1-11-7-8-12(2)24-18(11)20-16(22-24)10-23-19(27)14-6-4-3-5-13(14)15(21-23)9-17(25)26/h3-8H,9-10H2,1-2H3,(H,25,26). The Bertz CT molecular complexity index is 1220. The molecule has 3 heterocycles. The average Bonchev–Trinajstić information content (AvgIpc) is 3.07. The summed E-state index contributed by atoms with van der Waals surface area (Å²) in [4.78, 5) is 28.5. The summed E-state index contributed by atoms with van der Waals surface area (Å²) in [5.41, 5.74) is 2.68. The van der Waals surface area contributed by atoms with Crippen LogP contribution in [0.2, 0.25) is 0 Å². The van der Waals surface area contributed by atoms with Gasteiger partial charge >= 0.3 is 5.97 Å². The van der Waals surface area contributed by atoms with Crippen molar-refractivity contribution in [2.24, 2.45) is 0 Å². The van der Waals surface area contributed by atoms with Crippen molar-refractivity contribution in [1.29, 1.82) is 0 Å². The molecule has 0 aliphatic rings. The summed E-state index contributed by atoms with van der Waals surface area (Å²) in [6.45, 7) is 3.94. The molecule has 4 aromatic rings. The first-order chi connectivity index (χ1) is 12.9. The zero-order valence-electron chi connectivity index (χ0n) is 14.9. The number of nitrogens with zero attached hydrogens (tertiary/aromatic N) is 5. The predicted molar refractivity (Wildman–Crippen MR) is 98.9 cm³/mol. The number of pyridine rings is 1. The van der Waals surface area contributed by atoms with Gasteiger partial charge in [-0.2, -0.15) is 5.10 Å². The van der Waals surface area contributed by atoms with E-state index in [9.17, 15) is 14.7 Å². The van der Waals surface area contributed by atoms with Gasteiger partial charge in [-0.05, 0) is 31.5 Å². The Morgan fingerprint density at radius 3 is 2.52 bits per heavy atom. The van der Waals surface area contributed by atoms with E-state index < -0.39 is 5.97 Å². The van der Waals surface area contributed by atoms with Crippen LogP contribution in [0.3, 0.4) is 0 Å². The predicted octanol–water partition coefficient (Wildman–Crippen LogP) is 1.73. The number of aryl methyl sites for hydroxylation is 2. The zero-order chi connectivity index (χ0) is 19.1. The van der Waals surface area contributed by atoms with Crippen molar-refractivity contribution < 1.29 is 9.90 Å². The smallest absolute Gasteiger partial charge is 0.309 e. The summed E-state index contributed by atoms with van der Waals surface area (Å²) in [6.07, 6.45) is -0.266. The Morgan fingerprint density at radius 2 is 1.81 bits per heavy atom. The fourth-order valence-corrected chi connectivity index (χ4v) is 3.13. The van der Waals surface area contributed by atoms with Gasteiger partial charge in [-0.15, -0.1) is 5.10 Å². The van der Waals surface area contributed by atoms with Crippen LogP contribution in [0, 0.1) is 13.8 Å². The summed E-state index contributed by atoms with van der Waals surface area (Å²) in [5, 5.41) is 18.9. The Kier molecular flexibility index (Phi) is 3.95. The van der Waals surface area contributed by atoms with Crippen LogP contribution in [0.25, 0.3) is 16.4 Å². The van der Waals surface area contributed by atoms with E-state index in [4.69, 9.17) is 0 Å². The molecule has 1 N–H and O–H groups in total. The van der Waals surface area contributed by atoms with Gasteiger partial charge in [-0.3, -0.25) is 9.59 Å². The number of carbonyl (C=O) groups is 1. The molecule has 27 heavy (non-hydrogen) atoms. The minimum Gasteiger partial charge on any atom is -0.481 e. The first-order valence-electron chi connectivity index (χ1n) is 8.46. The van der Waals surface area contributed by atoms with E-state index in [2.05, 4.69) is 15.2 Å². The van der Waals surface area contributed by atoms with Crippen molar-refractivity contribution in [3.8, 4) is 0 Å². The molecule has 0 fully saturated rings. The second kappa shape index (κ2) is 6.31. The first kappa shape index (κ1) is 16.9. The van der Waals surface area contributed by atoms with Crippen LogP contribution in [0.4, 0.5) is 0 Å². The van der Waals surface area contributed by atoms with Crippen molar-refractivity contribution in [3.05, 3.63) is 69.5 Å². The highest BCUT2D eigenvalue weighted by molar-refractivity contribution is 5.86. The van der Waals surface area contributed by atoms with Crippen LogP contribution in [0.5, 0.6) is 0 Å². The minimum atomic E-state index is -1.00. The lowest BCUT2D eigenvalue weighted by Gasteiger charge is -2.08. The van der Waals surface area contributed by atoms with Crippen LogP contribution >= 0.6 is 0 Å². The number of aliphatic carboxylic acids is 1. The molecule has 1 aromatic carbocycles. The molecule has 0 saturated carbocycles. The quantitative estimate of drug-likeness (QED) is 0.592. The van der Waals surface area contributed by atoms with Gasteiger partial charge in [0.1, 0.15) is 6.54 Å². The number of benzene rings is 1. The Labute approximate surface area is 153 Å². The van der Waals surface area contributed by atoms with Crippen molar-refractivity contribution in [2.75, 3.05) is 0 Å². The molecule has 0 unspecified atom stereocenters. The van der Waals surface area contributed by atoms with E-state index in [1.807, 2.05) is 26.0 Å². The minimum absolute atomic E-state index is 0.0663. The van der Waals surface area contributed by atoms with Crippen molar-refractivity contribution in [2.45, 2.75) is 26.8 Å². The van der Waals surface area contributed by atoms with E-state index in [1.54, 1.807) is 28.8 Å². The number of hydrogen-bond donors (Lipinski definition) is 1. The lowest BCUT2D eigenvalue weighted by Crippen LogP contribution is -2.26. The molecule has 0 aliphatic heterocycles. The molecule has 0 saturated heterocycles. The largest absolute Gasteiger partial charge is 0.481 e. The highest BCUT2D eigenvalue weighted by atomic mass is 16.4. The molecule has 0 radical (unpaired) electrons. The molecule has 0 aliphatic carbocycles. The van der Waals surface area contributed by atoms with Crippen LogP contribution in [0.1, 0.15) is 22.8 Å². The summed E-state index contributed by atoms with van der Waals surface area (Å²) in [7, 11) is 0. The second-order valence-electron chi connectivity index (χ2n) is 6.45. The molecule has 0 spiro atoms. The third-order valence-corrected chi connectivity index (χ3v) is 4.47. The Morgan fingerprint density at radius 1 is 1.07 bits per heavy atom. The van der Waals surface area contributed by atoms with E-state index >= 15 is 0 Å². The van der Waals surface area contributed by atoms with E-state index in [-0.39, 0.29) is 18.5 Å². The first-order valence-corrected chi connectivity index (χ1v) is 8.46. The SMILES string of the molecule is Cc1ccc(C)n2nc(Cn3nc(CC(=O)O)c4ccccc4c3=O)nc12. The number of aromatic nitrogens is 5. The third kappa shape index (κ3) is 2.95. The van der Waals surface area contributed by atoms with Gasteiger partial charge < -0.3 is 5.11 Å². The van der Waals surface area contributed by atoms with Gasteiger partial charge in [0.15, 0.2) is 11.5 Å².